The van der Waals surface area contributed by atoms with E-state index in [9.17, 15) is 0 Å². The topological polar surface area (TPSA) is 63.3 Å². The van der Waals surface area contributed by atoms with Crippen LogP contribution in [0.25, 0.3) is 72.1 Å². The molecule has 1 unspecified atom stereocenters. The second-order valence-electron chi connectivity index (χ2n) is 14.0. The molecule has 0 radical (unpaired) electrons. The highest BCUT2D eigenvalue weighted by Gasteiger charge is 2.24. The fraction of sp³-hybridized carbons (Fsp3) is 0.0600. The smallest absolute Gasteiger partial charge is 0.145 e. The number of pyridine rings is 2. The van der Waals surface area contributed by atoms with E-state index in [1.54, 1.807) is 0 Å². The number of rotatable bonds is 7. The molecule has 1 atom stereocenters. The SMILES string of the molecule is C1=CCCC(C2=NC(c3ccccc3)NC(c3cccc4oc5c(-c6ccc(-c7ccncc7)cc6)cc(-c6ccc(-c7ccncc7)cc6)cc5c34)=C2)=C1. The number of hydrogen-bond acceptors (Lipinski definition) is 5. The number of nitrogens with one attached hydrogen (secondary N) is 1. The normalized spacial score (nSPS) is 15.3. The minimum Gasteiger partial charge on any atom is -0.455 e. The Morgan fingerprint density at radius 1 is 0.582 bits per heavy atom. The summed E-state index contributed by atoms with van der Waals surface area (Å²) < 4.78 is 6.89. The minimum absolute atomic E-state index is 0.222. The first-order valence-electron chi connectivity index (χ1n) is 18.7. The lowest BCUT2D eigenvalue weighted by Crippen LogP contribution is -2.25. The standard InChI is InChI=1S/C50H36N4O/c1-3-8-39(9-4-1)45-32-46(54-50(53-45)40-10-5-2-6-11-40)42-12-7-13-47-48(42)44-31-41(35-16-14-33(15-17-35)36-22-26-51-27-23-36)30-43(49(44)55-47)38-20-18-34(19-21-38)37-24-28-52-29-25-37/h1-3,5-8,10-32,50,54H,4,9H2. The van der Waals surface area contributed by atoms with E-state index in [2.05, 4.69) is 149 Å². The third-order valence-corrected chi connectivity index (χ3v) is 10.6. The third kappa shape index (κ3) is 6.26. The largest absolute Gasteiger partial charge is 0.455 e. The molecule has 10 rings (SSSR count). The van der Waals surface area contributed by atoms with Gasteiger partial charge in [-0.05, 0) is 111 Å². The molecule has 5 nitrogen and oxygen atoms in total. The molecule has 262 valence electrons. The van der Waals surface area contributed by atoms with Gasteiger partial charge in [0.05, 0.1) is 5.71 Å². The maximum atomic E-state index is 6.89. The Kier molecular flexibility index (Phi) is 8.30. The van der Waals surface area contributed by atoms with E-state index in [-0.39, 0.29) is 6.17 Å². The van der Waals surface area contributed by atoms with Gasteiger partial charge in [0.15, 0.2) is 0 Å². The summed E-state index contributed by atoms with van der Waals surface area (Å²) in [5, 5.41) is 5.96. The van der Waals surface area contributed by atoms with Crippen molar-refractivity contribution >= 4 is 33.3 Å². The van der Waals surface area contributed by atoms with Gasteiger partial charge in [0.1, 0.15) is 17.3 Å². The van der Waals surface area contributed by atoms with Gasteiger partial charge in [0, 0.05) is 52.4 Å². The summed E-state index contributed by atoms with van der Waals surface area (Å²) in [5.74, 6) is 0. The first kappa shape index (κ1) is 32.5. The van der Waals surface area contributed by atoms with Crippen LogP contribution >= 0.6 is 0 Å². The van der Waals surface area contributed by atoms with E-state index in [4.69, 9.17) is 9.41 Å². The average Bonchev–Trinajstić information content (AvgIpc) is 3.66. The number of hydrogen-bond donors (Lipinski definition) is 1. The Balaban J connectivity index is 1.16. The van der Waals surface area contributed by atoms with Crippen molar-refractivity contribution in [2.24, 2.45) is 4.99 Å². The van der Waals surface area contributed by atoms with Gasteiger partial charge in [0.2, 0.25) is 0 Å². The molecular weight excluding hydrogens is 673 g/mol. The molecule has 1 aliphatic heterocycles. The zero-order chi connectivity index (χ0) is 36.6. The van der Waals surface area contributed by atoms with E-state index >= 15 is 0 Å². The predicted octanol–water partition coefficient (Wildman–Crippen LogP) is 12.4. The average molecular weight is 709 g/mol. The highest BCUT2D eigenvalue weighted by molar-refractivity contribution is 6.18. The zero-order valence-corrected chi connectivity index (χ0v) is 30.1. The van der Waals surface area contributed by atoms with Crippen LogP contribution < -0.4 is 5.32 Å². The molecule has 55 heavy (non-hydrogen) atoms. The van der Waals surface area contributed by atoms with Crippen LogP contribution in [0.4, 0.5) is 0 Å². The van der Waals surface area contributed by atoms with Gasteiger partial charge < -0.3 is 9.73 Å². The first-order valence-corrected chi connectivity index (χ1v) is 18.7. The van der Waals surface area contributed by atoms with E-state index < -0.39 is 0 Å². The summed E-state index contributed by atoms with van der Waals surface area (Å²) in [4.78, 5) is 13.7. The number of fused-ring (bicyclic) bond motifs is 3. The van der Waals surface area contributed by atoms with Crippen molar-refractivity contribution < 1.29 is 4.42 Å². The van der Waals surface area contributed by atoms with Gasteiger partial charge in [-0.2, -0.15) is 0 Å². The molecule has 5 heteroatoms. The second-order valence-corrected chi connectivity index (χ2v) is 14.0. The lowest BCUT2D eigenvalue weighted by Gasteiger charge is -2.26. The second kappa shape index (κ2) is 14.0. The number of nitrogens with zero attached hydrogens (tertiary/aromatic N) is 3. The van der Waals surface area contributed by atoms with Gasteiger partial charge in [-0.1, -0.05) is 109 Å². The molecule has 5 aromatic carbocycles. The number of allylic oxidation sites excluding steroid dienone is 5. The molecule has 0 amide bonds. The summed E-state index contributed by atoms with van der Waals surface area (Å²) in [6.45, 7) is 0. The van der Waals surface area contributed by atoms with Crippen molar-refractivity contribution in [3.05, 3.63) is 199 Å². The van der Waals surface area contributed by atoms with Crippen LogP contribution in [0.1, 0.15) is 30.1 Å². The molecule has 0 saturated carbocycles. The molecule has 1 N–H and O–H groups in total. The maximum Gasteiger partial charge on any atom is 0.145 e. The highest BCUT2D eigenvalue weighted by Crippen LogP contribution is 2.43. The summed E-state index contributed by atoms with van der Waals surface area (Å²) >= 11 is 0. The number of benzene rings is 5. The van der Waals surface area contributed by atoms with Crippen LogP contribution in [0.2, 0.25) is 0 Å². The van der Waals surface area contributed by atoms with E-state index in [0.717, 1.165) is 102 Å². The zero-order valence-electron chi connectivity index (χ0n) is 30.1. The van der Waals surface area contributed by atoms with Crippen LogP contribution in [0, 0.1) is 0 Å². The molecule has 0 bridgehead atoms. The molecule has 0 fully saturated rings. The fourth-order valence-electron chi connectivity index (χ4n) is 7.79. The fourth-order valence-corrected chi connectivity index (χ4v) is 7.79. The minimum atomic E-state index is -0.222. The summed E-state index contributed by atoms with van der Waals surface area (Å²) in [5.41, 5.74) is 16.2. The predicted molar refractivity (Wildman–Crippen MR) is 225 cm³/mol. The Morgan fingerprint density at radius 3 is 1.87 bits per heavy atom. The van der Waals surface area contributed by atoms with Gasteiger partial charge in [-0.25, -0.2) is 0 Å². The molecule has 8 aromatic rings. The van der Waals surface area contributed by atoms with E-state index in [0.29, 0.717) is 0 Å². The van der Waals surface area contributed by atoms with Crippen LogP contribution in [-0.4, -0.2) is 15.7 Å². The van der Waals surface area contributed by atoms with Crippen LogP contribution in [0.3, 0.4) is 0 Å². The monoisotopic (exact) mass is 708 g/mol. The van der Waals surface area contributed by atoms with Gasteiger partial charge in [0.25, 0.3) is 0 Å². The van der Waals surface area contributed by atoms with Crippen LogP contribution in [0.15, 0.2) is 198 Å². The number of furan rings is 1. The lowest BCUT2D eigenvalue weighted by molar-refractivity contribution is 0.662. The van der Waals surface area contributed by atoms with E-state index in [1.807, 2.05) is 49.1 Å². The summed E-state index contributed by atoms with van der Waals surface area (Å²) in [6.07, 6.45) is 17.9. The van der Waals surface area contributed by atoms with E-state index in [1.165, 1.54) is 5.57 Å². The highest BCUT2D eigenvalue weighted by atomic mass is 16.3. The van der Waals surface area contributed by atoms with Crippen LogP contribution in [0.5, 0.6) is 0 Å². The molecule has 1 aliphatic carbocycles. The van der Waals surface area contributed by atoms with Crippen molar-refractivity contribution in [1.82, 2.24) is 15.3 Å². The van der Waals surface area contributed by atoms with Crippen molar-refractivity contribution in [2.75, 3.05) is 0 Å². The molecule has 0 saturated heterocycles. The maximum absolute atomic E-state index is 6.89. The summed E-state index contributed by atoms with van der Waals surface area (Å²) in [6, 6.07) is 47.1. The molecule has 4 heterocycles. The first-order chi connectivity index (χ1) is 27.2. The van der Waals surface area contributed by atoms with Gasteiger partial charge in [-0.3, -0.25) is 15.0 Å². The Hall–Kier alpha value is -7.11. The van der Waals surface area contributed by atoms with Gasteiger partial charge in [-0.15, -0.1) is 0 Å². The van der Waals surface area contributed by atoms with Gasteiger partial charge >= 0.3 is 0 Å². The number of aliphatic imine (C=N–C) groups is 1. The van der Waals surface area contributed by atoms with Crippen LogP contribution in [-0.2, 0) is 0 Å². The van der Waals surface area contributed by atoms with Crippen molar-refractivity contribution in [3.8, 4) is 44.5 Å². The third-order valence-electron chi connectivity index (χ3n) is 10.6. The Bertz CT molecular complexity index is 2800. The molecule has 0 spiro atoms. The molecule has 2 aliphatic rings. The Labute approximate surface area is 319 Å². The van der Waals surface area contributed by atoms with Crippen molar-refractivity contribution in [1.29, 1.82) is 0 Å². The molecular formula is C50H36N4O. The quantitative estimate of drug-likeness (QED) is 0.179. The van der Waals surface area contributed by atoms with Crippen molar-refractivity contribution in [2.45, 2.75) is 19.0 Å². The van der Waals surface area contributed by atoms with Crippen molar-refractivity contribution in [3.63, 3.8) is 0 Å². The lowest BCUT2D eigenvalue weighted by atomic mass is 9.92. The Morgan fingerprint density at radius 2 is 1.22 bits per heavy atom. The summed E-state index contributed by atoms with van der Waals surface area (Å²) in [7, 11) is 0. The molecule has 3 aromatic heterocycles. The number of aromatic nitrogens is 2.